The molecule has 0 aromatic carbocycles. The Labute approximate surface area is 85.9 Å². The van der Waals surface area contributed by atoms with Crippen LogP contribution < -0.4 is 0 Å². The van der Waals surface area contributed by atoms with Crippen LogP contribution in [0, 0.1) is 0 Å². The normalized spacial score (nSPS) is 15.3. The first-order valence-corrected chi connectivity index (χ1v) is 5.33. The van der Waals surface area contributed by atoms with Crippen molar-refractivity contribution in [1.29, 1.82) is 0 Å². The van der Waals surface area contributed by atoms with Crippen LogP contribution in [0.1, 0.15) is 49.9 Å². The van der Waals surface area contributed by atoms with Crippen LogP contribution in [-0.4, -0.2) is 4.98 Å². The summed E-state index contributed by atoms with van der Waals surface area (Å²) in [5, 5.41) is 0. The molecule has 0 atom stereocenters. The molecule has 14 heavy (non-hydrogen) atoms. The topological polar surface area (TPSA) is 12.9 Å². The molecule has 1 aliphatic rings. The van der Waals surface area contributed by atoms with Gasteiger partial charge in [-0.15, -0.1) is 0 Å². The smallest absolute Gasteiger partial charge is 0.0481 e. The van der Waals surface area contributed by atoms with E-state index in [1.54, 1.807) is 0 Å². The molecular formula is C13H17N. The van der Waals surface area contributed by atoms with Gasteiger partial charge < -0.3 is 0 Å². The second-order valence-corrected chi connectivity index (χ2v) is 4.41. The van der Waals surface area contributed by atoms with Crippen LogP contribution >= 0.6 is 0 Å². The number of fused-ring (bicyclic) bond motifs is 1. The van der Waals surface area contributed by atoms with Crippen LogP contribution in [0.2, 0.25) is 0 Å². The minimum Gasteiger partial charge on any atom is -0.261 e. The molecule has 0 bridgehead atoms. The summed E-state index contributed by atoms with van der Waals surface area (Å²) in [5.74, 6) is 0.592. The maximum atomic E-state index is 4.45. The van der Waals surface area contributed by atoms with E-state index in [4.69, 9.17) is 0 Å². The number of hydrogen-bond acceptors (Lipinski definition) is 1. The molecule has 1 heteroatoms. The minimum absolute atomic E-state index is 0.592. The van der Waals surface area contributed by atoms with Crippen molar-refractivity contribution in [3.05, 3.63) is 34.7 Å². The highest BCUT2D eigenvalue weighted by Gasteiger charge is 2.14. The fraction of sp³-hybridized carbons (Fsp3) is 0.462. The van der Waals surface area contributed by atoms with Gasteiger partial charge in [0.2, 0.25) is 0 Å². The average Bonchev–Trinajstić information content (AvgIpc) is 2.16. The van der Waals surface area contributed by atoms with E-state index < -0.39 is 0 Å². The van der Waals surface area contributed by atoms with Crippen LogP contribution in [0.3, 0.4) is 0 Å². The highest BCUT2D eigenvalue weighted by atomic mass is 14.7. The van der Waals surface area contributed by atoms with Gasteiger partial charge in [-0.05, 0) is 42.9 Å². The average molecular weight is 187 g/mol. The van der Waals surface area contributed by atoms with Gasteiger partial charge in [0, 0.05) is 11.9 Å². The van der Waals surface area contributed by atoms with Crippen LogP contribution in [0.15, 0.2) is 17.8 Å². The van der Waals surface area contributed by atoms with Crippen molar-refractivity contribution < 1.29 is 0 Å². The SMILES string of the molecule is CC1=Cc2c(C(C)C)ccnc2CC1. The number of pyridine rings is 1. The van der Waals surface area contributed by atoms with E-state index in [1.807, 2.05) is 6.20 Å². The summed E-state index contributed by atoms with van der Waals surface area (Å²) in [4.78, 5) is 4.45. The van der Waals surface area contributed by atoms with E-state index in [1.165, 1.54) is 28.8 Å². The van der Waals surface area contributed by atoms with E-state index in [2.05, 4.69) is 37.9 Å². The molecule has 1 heterocycles. The van der Waals surface area contributed by atoms with Crippen LogP contribution in [-0.2, 0) is 6.42 Å². The van der Waals surface area contributed by atoms with E-state index in [9.17, 15) is 0 Å². The second-order valence-electron chi connectivity index (χ2n) is 4.41. The van der Waals surface area contributed by atoms with E-state index in [0.717, 1.165) is 6.42 Å². The zero-order valence-corrected chi connectivity index (χ0v) is 9.17. The Balaban J connectivity index is 2.56. The lowest BCUT2D eigenvalue weighted by Gasteiger charge is -2.18. The van der Waals surface area contributed by atoms with Gasteiger partial charge in [-0.2, -0.15) is 0 Å². The molecule has 0 saturated heterocycles. The first kappa shape index (κ1) is 9.45. The number of rotatable bonds is 1. The lowest BCUT2D eigenvalue weighted by Crippen LogP contribution is -2.05. The molecule has 1 aromatic heterocycles. The molecule has 0 fully saturated rings. The van der Waals surface area contributed by atoms with E-state index in [-0.39, 0.29) is 0 Å². The molecule has 0 N–H and O–H groups in total. The predicted octanol–water partition coefficient (Wildman–Crippen LogP) is 3.55. The maximum absolute atomic E-state index is 4.45. The number of aryl methyl sites for hydroxylation is 1. The van der Waals surface area contributed by atoms with Gasteiger partial charge in [-0.1, -0.05) is 25.5 Å². The molecular weight excluding hydrogens is 170 g/mol. The van der Waals surface area contributed by atoms with Crippen molar-refractivity contribution >= 4 is 6.08 Å². The summed E-state index contributed by atoms with van der Waals surface area (Å²) >= 11 is 0. The molecule has 1 aliphatic carbocycles. The molecule has 1 aromatic rings. The van der Waals surface area contributed by atoms with Gasteiger partial charge in [0.05, 0.1) is 0 Å². The molecule has 0 unspecified atom stereocenters. The zero-order chi connectivity index (χ0) is 10.1. The fourth-order valence-corrected chi connectivity index (χ4v) is 2.04. The quantitative estimate of drug-likeness (QED) is 0.655. The lowest BCUT2D eigenvalue weighted by atomic mass is 9.89. The van der Waals surface area contributed by atoms with Crippen LogP contribution in [0.4, 0.5) is 0 Å². The second kappa shape index (κ2) is 3.56. The minimum atomic E-state index is 0.592. The molecule has 1 nitrogen and oxygen atoms in total. The maximum Gasteiger partial charge on any atom is 0.0481 e. The van der Waals surface area contributed by atoms with Gasteiger partial charge in [0.1, 0.15) is 0 Å². The molecule has 0 spiro atoms. The monoisotopic (exact) mass is 187 g/mol. The number of nitrogens with zero attached hydrogens (tertiary/aromatic N) is 1. The largest absolute Gasteiger partial charge is 0.261 e. The van der Waals surface area contributed by atoms with Gasteiger partial charge in [-0.25, -0.2) is 0 Å². The Bertz CT molecular complexity index is 375. The van der Waals surface area contributed by atoms with Crippen molar-refractivity contribution in [3.8, 4) is 0 Å². The van der Waals surface area contributed by atoms with Crippen molar-refractivity contribution in [3.63, 3.8) is 0 Å². The Kier molecular flexibility index (Phi) is 2.40. The molecule has 0 saturated carbocycles. The van der Waals surface area contributed by atoms with E-state index in [0.29, 0.717) is 5.92 Å². The Morgan fingerprint density at radius 2 is 2.07 bits per heavy atom. The first-order valence-electron chi connectivity index (χ1n) is 5.33. The Morgan fingerprint density at radius 1 is 1.29 bits per heavy atom. The highest BCUT2D eigenvalue weighted by Crippen LogP contribution is 2.28. The van der Waals surface area contributed by atoms with Gasteiger partial charge in [0.25, 0.3) is 0 Å². The standard InChI is InChI=1S/C13H17N/c1-9(2)11-6-7-14-13-5-4-10(3)8-12(11)13/h6-9H,4-5H2,1-3H3. The Morgan fingerprint density at radius 3 is 2.79 bits per heavy atom. The fourth-order valence-electron chi connectivity index (χ4n) is 2.04. The lowest BCUT2D eigenvalue weighted by molar-refractivity contribution is 0.825. The van der Waals surface area contributed by atoms with E-state index >= 15 is 0 Å². The molecule has 0 aliphatic heterocycles. The van der Waals surface area contributed by atoms with Crippen molar-refractivity contribution in [2.75, 3.05) is 0 Å². The summed E-state index contributed by atoms with van der Waals surface area (Å²) in [7, 11) is 0. The van der Waals surface area contributed by atoms with Crippen molar-refractivity contribution in [2.45, 2.75) is 39.5 Å². The third-order valence-electron chi connectivity index (χ3n) is 2.88. The Hall–Kier alpha value is -1.11. The van der Waals surface area contributed by atoms with Crippen LogP contribution in [0.5, 0.6) is 0 Å². The summed E-state index contributed by atoms with van der Waals surface area (Å²) in [6, 6.07) is 2.15. The summed E-state index contributed by atoms with van der Waals surface area (Å²) in [6.07, 6.45) is 6.53. The third-order valence-corrected chi connectivity index (χ3v) is 2.88. The molecule has 0 radical (unpaired) electrons. The first-order chi connectivity index (χ1) is 6.68. The number of allylic oxidation sites excluding steroid dienone is 1. The van der Waals surface area contributed by atoms with Gasteiger partial charge in [0.15, 0.2) is 0 Å². The third kappa shape index (κ3) is 1.59. The zero-order valence-electron chi connectivity index (χ0n) is 9.17. The summed E-state index contributed by atoms with van der Waals surface area (Å²) in [6.45, 7) is 6.70. The molecule has 0 amide bonds. The number of hydrogen-bond donors (Lipinski definition) is 0. The summed E-state index contributed by atoms with van der Waals surface area (Å²) in [5.41, 5.74) is 5.58. The van der Waals surface area contributed by atoms with Gasteiger partial charge >= 0.3 is 0 Å². The number of aromatic nitrogens is 1. The highest BCUT2D eigenvalue weighted by molar-refractivity contribution is 5.61. The van der Waals surface area contributed by atoms with Crippen molar-refractivity contribution in [2.24, 2.45) is 0 Å². The predicted molar refractivity (Wildman–Crippen MR) is 60.3 cm³/mol. The van der Waals surface area contributed by atoms with Crippen molar-refractivity contribution in [1.82, 2.24) is 4.98 Å². The molecule has 2 rings (SSSR count). The van der Waals surface area contributed by atoms with Crippen LogP contribution in [0.25, 0.3) is 6.08 Å². The van der Waals surface area contributed by atoms with Gasteiger partial charge in [-0.3, -0.25) is 4.98 Å². The molecule has 74 valence electrons. The summed E-state index contributed by atoms with van der Waals surface area (Å²) < 4.78 is 0.